The van der Waals surface area contributed by atoms with Crippen LogP contribution < -0.4 is 0 Å². The maximum atomic E-state index is 12.4. The molecule has 7 heteroatoms. The van der Waals surface area contributed by atoms with Crippen LogP contribution in [-0.2, 0) is 0 Å². The molecule has 2 atom stereocenters. The van der Waals surface area contributed by atoms with Gasteiger partial charge in [0, 0.05) is 12.5 Å². The minimum Gasteiger partial charge on any atom is -0.396 e. The van der Waals surface area contributed by atoms with Crippen molar-refractivity contribution in [3.8, 4) is 0 Å². The van der Waals surface area contributed by atoms with E-state index in [1.54, 1.807) is 0 Å². The van der Waals surface area contributed by atoms with Gasteiger partial charge in [0.25, 0.3) is 0 Å². The molecule has 0 spiro atoms. The Morgan fingerprint density at radius 3 is 2.41 bits per heavy atom. The fraction of sp³-hybridized carbons (Fsp3) is 0.600. The van der Waals surface area contributed by atoms with E-state index in [1.807, 2.05) is 0 Å². The Morgan fingerprint density at radius 2 is 2.00 bits per heavy atom. The summed E-state index contributed by atoms with van der Waals surface area (Å²) in [6.07, 6.45) is -3.03. The van der Waals surface area contributed by atoms with Gasteiger partial charge in [0.15, 0.2) is 0 Å². The van der Waals surface area contributed by atoms with Crippen LogP contribution >= 0.6 is 23.2 Å². The van der Waals surface area contributed by atoms with Crippen molar-refractivity contribution in [2.24, 2.45) is 5.92 Å². The molecule has 0 aromatic rings. The second-order valence-electron chi connectivity index (χ2n) is 3.74. The van der Waals surface area contributed by atoms with Crippen LogP contribution in [0.15, 0.2) is 23.8 Å². The fourth-order valence-corrected chi connectivity index (χ4v) is 2.23. The highest BCUT2D eigenvalue weighted by atomic mass is 35.5. The van der Waals surface area contributed by atoms with Crippen molar-refractivity contribution in [3.05, 3.63) is 23.8 Å². The molecule has 1 rings (SSSR count). The molecule has 2 N–H and O–H groups in total. The third kappa shape index (κ3) is 3.61. The Hall–Kier alpha value is -0.230. The van der Waals surface area contributed by atoms with Gasteiger partial charge in [0.1, 0.15) is 4.33 Å². The molecule has 1 aliphatic carbocycles. The Labute approximate surface area is 106 Å². The topological polar surface area (TPSA) is 40.5 Å². The molecule has 1 aliphatic rings. The third-order valence-electron chi connectivity index (χ3n) is 2.44. The molecule has 0 aliphatic heterocycles. The standard InChI is InChI=1S/C10H11Cl2F3O2/c11-9(12)5-6(10(13,14)15)1-2-7(9)8(17)3-4-16/h1-2,5,7-8,16-17H,3-4H2. The van der Waals surface area contributed by atoms with E-state index in [0.29, 0.717) is 6.08 Å². The summed E-state index contributed by atoms with van der Waals surface area (Å²) in [5.74, 6) is -0.885. The summed E-state index contributed by atoms with van der Waals surface area (Å²) in [5, 5.41) is 18.3. The van der Waals surface area contributed by atoms with Gasteiger partial charge >= 0.3 is 6.18 Å². The number of rotatable bonds is 3. The number of hydrogen-bond acceptors (Lipinski definition) is 2. The number of alkyl halides is 5. The molecular formula is C10H11Cl2F3O2. The maximum absolute atomic E-state index is 12.4. The molecule has 0 amide bonds. The molecule has 17 heavy (non-hydrogen) atoms. The van der Waals surface area contributed by atoms with E-state index in [0.717, 1.165) is 12.2 Å². The first-order chi connectivity index (χ1) is 7.68. The highest BCUT2D eigenvalue weighted by molar-refractivity contribution is 6.50. The van der Waals surface area contributed by atoms with E-state index in [9.17, 15) is 18.3 Å². The Morgan fingerprint density at radius 1 is 1.41 bits per heavy atom. The molecule has 2 nitrogen and oxygen atoms in total. The zero-order chi connectivity index (χ0) is 13.3. The van der Waals surface area contributed by atoms with Crippen LogP contribution in [0.4, 0.5) is 13.2 Å². The zero-order valence-electron chi connectivity index (χ0n) is 8.59. The SMILES string of the molecule is OCCC(O)C1C=CC(C(F)(F)F)=CC1(Cl)Cl. The van der Waals surface area contributed by atoms with Gasteiger partial charge in [0.2, 0.25) is 0 Å². The van der Waals surface area contributed by atoms with Crippen molar-refractivity contribution in [2.45, 2.75) is 23.0 Å². The first kappa shape index (κ1) is 14.8. The lowest BCUT2D eigenvalue weighted by atomic mass is 9.89. The summed E-state index contributed by atoms with van der Waals surface area (Å²) < 4.78 is 35.4. The quantitative estimate of drug-likeness (QED) is 0.785. The van der Waals surface area contributed by atoms with Gasteiger partial charge in [-0.3, -0.25) is 0 Å². The summed E-state index contributed by atoms with van der Waals surface area (Å²) >= 11 is 11.5. The molecule has 0 bridgehead atoms. The summed E-state index contributed by atoms with van der Waals surface area (Å²) in [4.78, 5) is 0. The van der Waals surface area contributed by atoms with Gasteiger partial charge in [-0.05, 0) is 12.5 Å². The van der Waals surface area contributed by atoms with Crippen molar-refractivity contribution in [2.75, 3.05) is 6.61 Å². The monoisotopic (exact) mass is 290 g/mol. The second kappa shape index (κ2) is 5.18. The zero-order valence-corrected chi connectivity index (χ0v) is 10.1. The first-order valence-electron chi connectivity index (χ1n) is 4.83. The van der Waals surface area contributed by atoms with Crippen LogP contribution in [0.25, 0.3) is 0 Å². The minimum absolute atomic E-state index is 0.00854. The molecular weight excluding hydrogens is 280 g/mol. The number of aliphatic hydroxyl groups excluding tert-OH is 2. The average molecular weight is 291 g/mol. The van der Waals surface area contributed by atoms with Gasteiger partial charge in [-0.25, -0.2) is 0 Å². The Balaban J connectivity index is 2.92. The highest BCUT2D eigenvalue weighted by Crippen LogP contribution is 2.43. The average Bonchev–Trinajstić information content (AvgIpc) is 2.14. The van der Waals surface area contributed by atoms with E-state index in [4.69, 9.17) is 28.3 Å². The van der Waals surface area contributed by atoms with Crippen LogP contribution in [0.3, 0.4) is 0 Å². The van der Waals surface area contributed by atoms with Crippen molar-refractivity contribution >= 4 is 23.2 Å². The van der Waals surface area contributed by atoms with Crippen molar-refractivity contribution in [1.29, 1.82) is 0 Å². The van der Waals surface area contributed by atoms with Crippen LogP contribution in [0.2, 0.25) is 0 Å². The van der Waals surface area contributed by atoms with Crippen LogP contribution in [0, 0.1) is 5.92 Å². The molecule has 0 saturated carbocycles. The summed E-state index contributed by atoms with van der Waals surface area (Å²) in [7, 11) is 0. The molecule has 2 unspecified atom stereocenters. The fourth-order valence-electron chi connectivity index (χ4n) is 1.56. The van der Waals surface area contributed by atoms with E-state index < -0.39 is 28.1 Å². The van der Waals surface area contributed by atoms with Gasteiger partial charge in [-0.1, -0.05) is 35.4 Å². The minimum atomic E-state index is -4.53. The molecule has 0 fully saturated rings. The Bertz CT molecular complexity index is 337. The Kier molecular flexibility index (Phi) is 4.52. The van der Waals surface area contributed by atoms with E-state index in [1.165, 1.54) is 0 Å². The third-order valence-corrected chi connectivity index (χ3v) is 3.16. The van der Waals surface area contributed by atoms with Gasteiger partial charge in [0.05, 0.1) is 11.7 Å². The molecule has 0 radical (unpaired) electrons. The predicted molar refractivity (Wildman–Crippen MR) is 58.9 cm³/mol. The maximum Gasteiger partial charge on any atom is 0.416 e. The first-order valence-corrected chi connectivity index (χ1v) is 5.59. The molecule has 0 saturated heterocycles. The lowest BCUT2D eigenvalue weighted by molar-refractivity contribution is -0.0890. The number of aliphatic hydroxyl groups is 2. The summed E-state index contributed by atoms with van der Waals surface area (Å²) in [6.45, 7) is -0.300. The van der Waals surface area contributed by atoms with Gasteiger partial charge < -0.3 is 10.2 Å². The predicted octanol–water partition coefficient (Wildman–Crippen LogP) is 2.58. The van der Waals surface area contributed by atoms with Crippen LogP contribution in [0.5, 0.6) is 0 Å². The molecule has 0 heterocycles. The molecule has 0 aromatic carbocycles. The van der Waals surface area contributed by atoms with E-state index in [2.05, 4.69) is 0 Å². The normalized spacial score (nSPS) is 25.6. The highest BCUT2D eigenvalue weighted by Gasteiger charge is 2.43. The largest absolute Gasteiger partial charge is 0.416 e. The van der Waals surface area contributed by atoms with Crippen LogP contribution in [0.1, 0.15) is 6.42 Å². The summed E-state index contributed by atoms with van der Waals surface area (Å²) in [5.41, 5.74) is -0.949. The lowest BCUT2D eigenvalue weighted by Crippen LogP contribution is -2.36. The van der Waals surface area contributed by atoms with E-state index >= 15 is 0 Å². The van der Waals surface area contributed by atoms with Crippen molar-refractivity contribution in [3.63, 3.8) is 0 Å². The van der Waals surface area contributed by atoms with Gasteiger partial charge in [-0.2, -0.15) is 13.2 Å². The summed E-state index contributed by atoms with van der Waals surface area (Å²) in [6, 6.07) is 0. The number of halogens is 5. The van der Waals surface area contributed by atoms with Gasteiger partial charge in [-0.15, -0.1) is 0 Å². The van der Waals surface area contributed by atoms with E-state index in [-0.39, 0.29) is 13.0 Å². The van der Waals surface area contributed by atoms with Crippen molar-refractivity contribution in [1.82, 2.24) is 0 Å². The van der Waals surface area contributed by atoms with Crippen molar-refractivity contribution < 1.29 is 23.4 Å². The smallest absolute Gasteiger partial charge is 0.396 e. The number of hydrogen-bond donors (Lipinski definition) is 2. The van der Waals surface area contributed by atoms with Crippen LogP contribution in [-0.4, -0.2) is 33.4 Å². The second-order valence-corrected chi connectivity index (χ2v) is 5.18. The number of allylic oxidation sites excluding steroid dienone is 3. The molecule has 98 valence electrons. The molecule has 0 aromatic heterocycles. The lowest BCUT2D eigenvalue weighted by Gasteiger charge is -2.32.